The van der Waals surface area contributed by atoms with Gasteiger partial charge in [-0.2, -0.15) is 0 Å². The van der Waals surface area contributed by atoms with Crippen LogP contribution in [-0.2, 0) is 16.0 Å². The lowest BCUT2D eigenvalue weighted by Crippen LogP contribution is -2.39. The summed E-state index contributed by atoms with van der Waals surface area (Å²) >= 11 is 0. The molecule has 6 nitrogen and oxygen atoms in total. The number of hydrogen-bond acceptors (Lipinski definition) is 5. The molecule has 0 bridgehead atoms. The highest BCUT2D eigenvalue weighted by molar-refractivity contribution is 5.76. The minimum Gasteiger partial charge on any atom is -0.381 e. The van der Waals surface area contributed by atoms with Crippen molar-refractivity contribution < 1.29 is 9.53 Å². The monoisotopic (exact) mass is 346 g/mol. The first-order chi connectivity index (χ1) is 12.1. The molecular weight excluding hydrogens is 316 g/mol. The van der Waals surface area contributed by atoms with Gasteiger partial charge in [0.1, 0.15) is 5.82 Å². The predicted octanol–water partition coefficient (Wildman–Crippen LogP) is 1.82. The fraction of sp³-hybridized carbons (Fsp3) is 0.737. The fourth-order valence-electron chi connectivity index (χ4n) is 3.62. The predicted molar refractivity (Wildman–Crippen MR) is 96.5 cm³/mol. The van der Waals surface area contributed by atoms with E-state index in [2.05, 4.69) is 22.2 Å². The maximum Gasteiger partial charge on any atom is 0.220 e. The van der Waals surface area contributed by atoms with E-state index >= 15 is 0 Å². The van der Waals surface area contributed by atoms with Crippen LogP contribution < -0.4 is 5.32 Å². The molecule has 25 heavy (non-hydrogen) atoms. The van der Waals surface area contributed by atoms with Crippen molar-refractivity contribution in [2.24, 2.45) is 0 Å². The summed E-state index contributed by atoms with van der Waals surface area (Å²) < 4.78 is 5.33. The molecule has 0 unspecified atom stereocenters. The second-order valence-corrected chi connectivity index (χ2v) is 7.39. The van der Waals surface area contributed by atoms with Crippen molar-refractivity contribution in [1.82, 2.24) is 20.2 Å². The van der Waals surface area contributed by atoms with Crippen LogP contribution in [-0.4, -0.2) is 60.2 Å². The third kappa shape index (κ3) is 5.47. The lowest BCUT2D eigenvalue weighted by molar-refractivity contribution is -0.122. The number of aryl methyl sites for hydroxylation is 2. The molecule has 1 amide bonds. The zero-order valence-electron chi connectivity index (χ0n) is 15.5. The van der Waals surface area contributed by atoms with Crippen LogP contribution in [0.3, 0.4) is 0 Å². The summed E-state index contributed by atoms with van der Waals surface area (Å²) in [6.07, 6.45) is 5.23. The molecule has 2 aliphatic rings. The van der Waals surface area contributed by atoms with Gasteiger partial charge in [0, 0.05) is 43.0 Å². The molecule has 0 radical (unpaired) electrons. The van der Waals surface area contributed by atoms with Crippen molar-refractivity contribution in [3.63, 3.8) is 0 Å². The highest BCUT2D eigenvalue weighted by Gasteiger charge is 2.21. The van der Waals surface area contributed by atoms with E-state index in [-0.39, 0.29) is 11.9 Å². The molecule has 0 aliphatic carbocycles. The Morgan fingerprint density at radius 3 is 2.68 bits per heavy atom. The van der Waals surface area contributed by atoms with E-state index in [0.717, 1.165) is 69.2 Å². The Bertz CT molecular complexity index is 579. The summed E-state index contributed by atoms with van der Waals surface area (Å²) in [4.78, 5) is 24.0. The van der Waals surface area contributed by atoms with Crippen LogP contribution in [0.25, 0.3) is 0 Å². The third-order valence-electron chi connectivity index (χ3n) is 5.20. The molecule has 3 rings (SSSR count). The molecule has 0 aromatic carbocycles. The molecule has 1 aromatic rings. The maximum atomic E-state index is 12.2. The molecule has 2 aliphatic heterocycles. The van der Waals surface area contributed by atoms with Gasteiger partial charge in [-0.15, -0.1) is 0 Å². The number of rotatable bonds is 5. The normalized spacial score (nSPS) is 20.6. The van der Waals surface area contributed by atoms with Crippen LogP contribution in [0.1, 0.15) is 55.2 Å². The molecule has 1 N–H and O–H groups in total. The lowest BCUT2D eigenvalue weighted by Gasteiger charge is -2.28. The van der Waals surface area contributed by atoms with E-state index in [0.29, 0.717) is 18.8 Å². The van der Waals surface area contributed by atoms with E-state index in [9.17, 15) is 4.79 Å². The maximum absolute atomic E-state index is 12.2. The van der Waals surface area contributed by atoms with Gasteiger partial charge in [-0.05, 0) is 65.2 Å². The Balaban J connectivity index is 1.54. The van der Waals surface area contributed by atoms with Gasteiger partial charge < -0.3 is 15.0 Å². The van der Waals surface area contributed by atoms with Gasteiger partial charge in [-0.3, -0.25) is 4.79 Å². The number of hydrogen-bond donors (Lipinski definition) is 1. The SMILES string of the molecule is Cc1cc(CCC(=O)NC2CCOCC2)nc(C2CCN(C)CC2)n1. The molecule has 1 aromatic heterocycles. The van der Waals surface area contributed by atoms with Crippen LogP contribution >= 0.6 is 0 Å². The van der Waals surface area contributed by atoms with Crippen molar-refractivity contribution in [1.29, 1.82) is 0 Å². The summed E-state index contributed by atoms with van der Waals surface area (Å²) in [5.41, 5.74) is 1.99. The second kappa shape index (κ2) is 8.72. The van der Waals surface area contributed by atoms with Crippen LogP contribution in [0.5, 0.6) is 0 Å². The molecule has 0 spiro atoms. The van der Waals surface area contributed by atoms with E-state index in [1.54, 1.807) is 0 Å². The second-order valence-electron chi connectivity index (χ2n) is 7.39. The molecular formula is C19H30N4O2. The van der Waals surface area contributed by atoms with Crippen molar-refractivity contribution in [2.75, 3.05) is 33.4 Å². The minimum atomic E-state index is 0.115. The lowest BCUT2D eigenvalue weighted by atomic mass is 9.96. The van der Waals surface area contributed by atoms with Gasteiger partial charge >= 0.3 is 0 Å². The molecule has 3 heterocycles. The van der Waals surface area contributed by atoms with Crippen LogP contribution in [0.4, 0.5) is 0 Å². The van der Waals surface area contributed by atoms with Crippen molar-refractivity contribution >= 4 is 5.91 Å². The first-order valence-corrected chi connectivity index (χ1v) is 9.50. The average molecular weight is 346 g/mol. The number of amides is 1. The molecule has 2 saturated heterocycles. The number of likely N-dealkylation sites (tertiary alicyclic amines) is 1. The van der Waals surface area contributed by atoms with E-state index < -0.39 is 0 Å². The number of carbonyl (C=O) groups excluding carboxylic acids is 1. The summed E-state index contributed by atoms with van der Waals surface area (Å²) in [6.45, 7) is 5.72. The van der Waals surface area contributed by atoms with Crippen LogP contribution in [0, 0.1) is 6.92 Å². The number of nitrogens with zero attached hydrogens (tertiary/aromatic N) is 3. The highest BCUT2D eigenvalue weighted by atomic mass is 16.5. The summed E-state index contributed by atoms with van der Waals surface area (Å²) in [5, 5.41) is 3.12. The molecule has 0 atom stereocenters. The Morgan fingerprint density at radius 2 is 1.96 bits per heavy atom. The zero-order chi connectivity index (χ0) is 17.6. The zero-order valence-corrected chi connectivity index (χ0v) is 15.5. The van der Waals surface area contributed by atoms with Crippen LogP contribution in [0.15, 0.2) is 6.07 Å². The number of piperidine rings is 1. The van der Waals surface area contributed by atoms with Crippen molar-refractivity contribution in [3.05, 3.63) is 23.3 Å². The van der Waals surface area contributed by atoms with Gasteiger partial charge in [0.2, 0.25) is 5.91 Å². The standard InChI is InChI=1S/C19H30N4O2/c1-14-13-17(3-4-18(24)21-16-7-11-25-12-8-16)22-19(20-14)15-5-9-23(2)10-6-15/h13,15-16H,3-12H2,1-2H3,(H,21,24). The van der Waals surface area contributed by atoms with Gasteiger partial charge in [-0.25, -0.2) is 9.97 Å². The molecule has 6 heteroatoms. The summed E-state index contributed by atoms with van der Waals surface area (Å²) in [6, 6.07) is 2.28. The molecule has 2 fully saturated rings. The van der Waals surface area contributed by atoms with Crippen molar-refractivity contribution in [3.8, 4) is 0 Å². The van der Waals surface area contributed by atoms with E-state index in [4.69, 9.17) is 9.72 Å². The highest BCUT2D eigenvalue weighted by Crippen LogP contribution is 2.25. The fourth-order valence-corrected chi connectivity index (χ4v) is 3.62. The third-order valence-corrected chi connectivity index (χ3v) is 5.20. The van der Waals surface area contributed by atoms with E-state index in [1.165, 1.54) is 0 Å². The van der Waals surface area contributed by atoms with Gasteiger partial charge in [0.15, 0.2) is 0 Å². The minimum absolute atomic E-state index is 0.115. The number of carbonyl (C=O) groups is 1. The molecule has 138 valence electrons. The summed E-state index contributed by atoms with van der Waals surface area (Å²) in [7, 11) is 2.16. The Morgan fingerprint density at radius 1 is 1.24 bits per heavy atom. The Labute approximate surface area is 150 Å². The number of aromatic nitrogens is 2. The Kier molecular flexibility index (Phi) is 6.37. The van der Waals surface area contributed by atoms with Gasteiger partial charge in [-0.1, -0.05) is 0 Å². The smallest absolute Gasteiger partial charge is 0.220 e. The Hall–Kier alpha value is -1.53. The number of nitrogens with one attached hydrogen (secondary N) is 1. The first kappa shape index (κ1) is 18.3. The van der Waals surface area contributed by atoms with Gasteiger partial charge in [0.05, 0.1) is 0 Å². The average Bonchev–Trinajstić information content (AvgIpc) is 2.61. The number of ether oxygens (including phenoxy) is 1. The van der Waals surface area contributed by atoms with Gasteiger partial charge in [0.25, 0.3) is 0 Å². The summed E-state index contributed by atoms with van der Waals surface area (Å²) in [5.74, 6) is 1.53. The quantitative estimate of drug-likeness (QED) is 0.881. The largest absolute Gasteiger partial charge is 0.381 e. The van der Waals surface area contributed by atoms with Crippen LogP contribution in [0.2, 0.25) is 0 Å². The molecule has 0 saturated carbocycles. The van der Waals surface area contributed by atoms with Crippen molar-refractivity contribution in [2.45, 2.75) is 57.4 Å². The van der Waals surface area contributed by atoms with E-state index in [1.807, 2.05) is 13.0 Å². The topological polar surface area (TPSA) is 67.3 Å². The first-order valence-electron chi connectivity index (χ1n) is 9.50.